The van der Waals surface area contributed by atoms with Crippen LogP contribution in [0.25, 0.3) is 0 Å². The second kappa shape index (κ2) is 5.98. The first-order valence-electron chi connectivity index (χ1n) is 6.06. The molecular weight excluding hydrogens is 230 g/mol. The number of hydrogen-bond donors (Lipinski definition) is 3. The maximum absolute atomic E-state index is 10.5. The fourth-order valence-electron chi connectivity index (χ4n) is 1.88. The highest BCUT2D eigenvalue weighted by atomic mass is 16.4. The summed E-state index contributed by atoms with van der Waals surface area (Å²) in [6.07, 6.45) is 1.03. The van der Waals surface area contributed by atoms with E-state index in [-0.39, 0.29) is 12.5 Å². The molecule has 4 nitrogen and oxygen atoms in total. The summed E-state index contributed by atoms with van der Waals surface area (Å²) >= 11 is 0. The molecule has 0 aliphatic carbocycles. The Bertz CT molecular complexity index is 410. The molecule has 0 aromatic heterocycles. The Hall–Kier alpha value is -1.39. The highest BCUT2D eigenvalue weighted by molar-refractivity contribution is 5.66. The van der Waals surface area contributed by atoms with Crippen LogP contribution < -0.4 is 5.73 Å². The second-order valence-electron chi connectivity index (χ2n) is 5.27. The molecule has 1 rings (SSSR count). The molecule has 0 radical (unpaired) electrons. The molecule has 1 atom stereocenters. The molecule has 100 valence electrons. The third-order valence-corrected chi connectivity index (χ3v) is 2.69. The maximum atomic E-state index is 10.5. The largest absolute Gasteiger partial charge is 0.481 e. The predicted octanol–water partition coefficient (Wildman–Crippen LogP) is 1.86. The first-order chi connectivity index (χ1) is 8.28. The molecular formula is C14H21NO3. The summed E-state index contributed by atoms with van der Waals surface area (Å²) in [6.45, 7) is 3.51. The molecule has 0 spiro atoms. The quantitative estimate of drug-likeness (QED) is 0.720. The molecule has 0 fully saturated rings. The molecule has 1 aromatic rings. The van der Waals surface area contributed by atoms with Crippen LogP contribution in [0.2, 0.25) is 0 Å². The molecule has 0 bridgehead atoms. The zero-order chi connectivity index (χ0) is 13.8. The molecule has 0 aliphatic heterocycles. The van der Waals surface area contributed by atoms with Crippen molar-refractivity contribution in [2.24, 2.45) is 5.73 Å². The summed E-state index contributed by atoms with van der Waals surface area (Å²) in [5.41, 5.74) is 7.11. The molecule has 4 N–H and O–H groups in total. The van der Waals surface area contributed by atoms with Gasteiger partial charge in [-0.2, -0.15) is 0 Å². The van der Waals surface area contributed by atoms with E-state index in [0.717, 1.165) is 11.1 Å². The lowest BCUT2D eigenvalue weighted by Gasteiger charge is -2.18. The van der Waals surface area contributed by atoms with Crippen molar-refractivity contribution in [3.63, 3.8) is 0 Å². The molecule has 18 heavy (non-hydrogen) atoms. The molecule has 0 heterocycles. The van der Waals surface area contributed by atoms with Gasteiger partial charge in [-0.1, -0.05) is 24.3 Å². The number of nitrogens with two attached hydrogens (primary N) is 1. The fourth-order valence-corrected chi connectivity index (χ4v) is 1.88. The van der Waals surface area contributed by atoms with Crippen LogP contribution in [0.1, 0.15) is 43.9 Å². The van der Waals surface area contributed by atoms with E-state index in [1.165, 1.54) is 0 Å². The van der Waals surface area contributed by atoms with Crippen LogP contribution in [-0.2, 0) is 11.2 Å². The Morgan fingerprint density at radius 3 is 2.67 bits per heavy atom. The normalized spacial score (nSPS) is 13.3. The number of hydrogen-bond acceptors (Lipinski definition) is 3. The summed E-state index contributed by atoms with van der Waals surface area (Å²) in [4.78, 5) is 10.5. The summed E-state index contributed by atoms with van der Waals surface area (Å²) in [5.74, 6) is -0.835. The number of aliphatic hydroxyl groups is 1. The van der Waals surface area contributed by atoms with Gasteiger partial charge in [0.1, 0.15) is 0 Å². The Kier molecular flexibility index (Phi) is 4.87. The Labute approximate surface area is 107 Å². The lowest BCUT2D eigenvalue weighted by Crippen LogP contribution is -2.22. The van der Waals surface area contributed by atoms with E-state index < -0.39 is 11.6 Å². The number of rotatable bonds is 6. The zero-order valence-electron chi connectivity index (χ0n) is 10.9. The lowest BCUT2D eigenvalue weighted by molar-refractivity contribution is -0.137. The van der Waals surface area contributed by atoms with Crippen molar-refractivity contribution in [1.82, 2.24) is 0 Å². The minimum Gasteiger partial charge on any atom is -0.481 e. The van der Waals surface area contributed by atoms with Crippen molar-refractivity contribution in [2.75, 3.05) is 0 Å². The summed E-state index contributed by atoms with van der Waals surface area (Å²) < 4.78 is 0. The molecule has 0 amide bonds. The van der Waals surface area contributed by atoms with Gasteiger partial charge < -0.3 is 15.9 Å². The van der Waals surface area contributed by atoms with Crippen LogP contribution in [0, 0.1) is 0 Å². The van der Waals surface area contributed by atoms with Gasteiger partial charge in [0, 0.05) is 18.9 Å². The van der Waals surface area contributed by atoms with E-state index in [9.17, 15) is 9.90 Å². The van der Waals surface area contributed by atoms with Gasteiger partial charge in [-0.15, -0.1) is 0 Å². The SMILES string of the molecule is CC(C)(O)Cc1cccc(C(N)CCC(=O)O)c1. The first kappa shape index (κ1) is 14.7. The third kappa shape index (κ3) is 5.29. The van der Waals surface area contributed by atoms with Crippen LogP contribution >= 0.6 is 0 Å². The summed E-state index contributed by atoms with van der Waals surface area (Å²) in [6, 6.07) is 7.37. The van der Waals surface area contributed by atoms with E-state index in [1.807, 2.05) is 24.3 Å². The fraction of sp³-hybridized carbons (Fsp3) is 0.500. The highest BCUT2D eigenvalue weighted by Crippen LogP contribution is 2.19. The average molecular weight is 251 g/mol. The van der Waals surface area contributed by atoms with Crippen LogP contribution in [0.4, 0.5) is 0 Å². The van der Waals surface area contributed by atoms with Crippen molar-refractivity contribution < 1.29 is 15.0 Å². The number of aliphatic carboxylic acids is 1. The molecule has 4 heteroatoms. The number of benzene rings is 1. The van der Waals surface area contributed by atoms with Crippen molar-refractivity contribution in [2.45, 2.75) is 44.8 Å². The van der Waals surface area contributed by atoms with E-state index in [1.54, 1.807) is 13.8 Å². The van der Waals surface area contributed by atoms with Gasteiger partial charge in [-0.05, 0) is 31.4 Å². The average Bonchev–Trinajstić information content (AvgIpc) is 2.23. The lowest BCUT2D eigenvalue weighted by atomic mass is 9.94. The monoisotopic (exact) mass is 251 g/mol. The number of carboxylic acid groups (broad SMARTS) is 1. The first-order valence-corrected chi connectivity index (χ1v) is 6.06. The van der Waals surface area contributed by atoms with Crippen molar-refractivity contribution in [1.29, 1.82) is 0 Å². The molecule has 0 saturated heterocycles. The smallest absolute Gasteiger partial charge is 0.303 e. The molecule has 0 saturated carbocycles. The molecule has 0 aliphatic rings. The van der Waals surface area contributed by atoms with Crippen LogP contribution in [0.5, 0.6) is 0 Å². The van der Waals surface area contributed by atoms with Gasteiger partial charge in [0.05, 0.1) is 5.60 Å². The van der Waals surface area contributed by atoms with Gasteiger partial charge in [0.2, 0.25) is 0 Å². The Morgan fingerprint density at radius 2 is 2.11 bits per heavy atom. The van der Waals surface area contributed by atoms with Crippen LogP contribution in [-0.4, -0.2) is 21.8 Å². The Balaban J connectivity index is 2.72. The summed E-state index contributed by atoms with van der Waals surface area (Å²) in [7, 11) is 0. The van der Waals surface area contributed by atoms with Crippen molar-refractivity contribution >= 4 is 5.97 Å². The van der Waals surface area contributed by atoms with Gasteiger partial charge in [-0.25, -0.2) is 0 Å². The topological polar surface area (TPSA) is 83.5 Å². The maximum Gasteiger partial charge on any atom is 0.303 e. The van der Waals surface area contributed by atoms with E-state index in [2.05, 4.69) is 0 Å². The standard InChI is InChI=1S/C14H21NO3/c1-14(2,18)9-10-4-3-5-11(8-10)12(15)6-7-13(16)17/h3-5,8,12,18H,6-7,9,15H2,1-2H3,(H,16,17). The van der Waals surface area contributed by atoms with Gasteiger partial charge in [0.15, 0.2) is 0 Å². The highest BCUT2D eigenvalue weighted by Gasteiger charge is 2.15. The number of carbonyl (C=O) groups is 1. The van der Waals surface area contributed by atoms with Crippen LogP contribution in [0.3, 0.4) is 0 Å². The minimum atomic E-state index is -0.835. The van der Waals surface area contributed by atoms with E-state index >= 15 is 0 Å². The number of carboxylic acids is 1. The minimum absolute atomic E-state index is 0.0664. The van der Waals surface area contributed by atoms with E-state index in [4.69, 9.17) is 10.8 Å². The van der Waals surface area contributed by atoms with Gasteiger partial charge >= 0.3 is 5.97 Å². The van der Waals surface area contributed by atoms with Gasteiger partial charge in [0.25, 0.3) is 0 Å². The molecule has 1 unspecified atom stereocenters. The predicted molar refractivity (Wildman–Crippen MR) is 70.2 cm³/mol. The third-order valence-electron chi connectivity index (χ3n) is 2.69. The van der Waals surface area contributed by atoms with Crippen LogP contribution in [0.15, 0.2) is 24.3 Å². The van der Waals surface area contributed by atoms with Crippen molar-refractivity contribution in [3.05, 3.63) is 35.4 Å². The van der Waals surface area contributed by atoms with E-state index in [0.29, 0.717) is 12.8 Å². The van der Waals surface area contributed by atoms with Crippen molar-refractivity contribution in [3.8, 4) is 0 Å². The van der Waals surface area contributed by atoms with Gasteiger partial charge in [-0.3, -0.25) is 4.79 Å². The second-order valence-corrected chi connectivity index (χ2v) is 5.27. The zero-order valence-corrected chi connectivity index (χ0v) is 10.9. The molecule has 1 aromatic carbocycles. The summed E-state index contributed by atoms with van der Waals surface area (Å²) in [5, 5.41) is 18.4. The Morgan fingerprint density at radius 1 is 1.44 bits per heavy atom.